The SMILES string of the molecule is CCCOc1cccc(C(=O)N[C@@H](C)C(=O)OC)c1. The Morgan fingerprint density at radius 1 is 1.37 bits per heavy atom. The zero-order valence-corrected chi connectivity index (χ0v) is 11.4. The summed E-state index contributed by atoms with van der Waals surface area (Å²) in [5.41, 5.74) is 0.448. The Bertz CT molecular complexity index is 445. The van der Waals surface area contributed by atoms with Gasteiger partial charge >= 0.3 is 5.97 Å². The number of nitrogens with one attached hydrogen (secondary N) is 1. The van der Waals surface area contributed by atoms with Crippen molar-refractivity contribution in [3.8, 4) is 5.75 Å². The molecule has 0 fully saturated rings. The van der Waals surface area contributed by atoms with E-state index in [-0.39, 0.29) is 5.91 Å². The van der Waals surface area contributed by atoms with E-state index >= 15 is 0 Å². The topological polar surface area (TPSA) is 64.6 Å². The van der Waals surface area contributed by atoms with Crippen LogP contribution in [0.25, 0.3) is 0 Å². The molecule has 104 valence electrons. The lowest BCUT2D eigenvalue weighted by atomic mass is 10.2. The molecule has 0 aromatic heterocycles. The van der Waals surface area contributed by atoms with Crippen LogP contribution in [-0.2, 0) is 9.53 Å². The first-order chi connectivity index (χ1) is 9.08. The summed E-state index contributed by atoms with van der Waals surface area (Å²) in [7, 11) is 1.28. The van der Waals surface area contributed by atoms with Crippen molar-refractivity contribution in [3.05, 3.63) is 29.8 Å². The predicted molar refractivity (Wildman–Crippen MR) is 71.2 cm³/mol. The molecule has 0 unspecified atom stereocenters. The van der Waals surface area contributed by atoms with Crippen molar-refractivity contribution in [1.29, 1.82) is 0 Å². The molecule has 1 aromatic carbocycles. The molecular weight excluding hydrogens is 246 g/mol. The zero-order valence-electron chi connectivity index (χ0n) is 11.4. The lowest BCUT2D eigenvalue weighted by molar-refractivity contribution is -0.142. The maximum absolute atomic E-state index is 11.9. The number of carbonyl (C=O) groups excluding carboxylic acids is 2. The first-order valence-electron chi connectivity index (χ1n) is 6.20. The smallest absolute Gasteiger partial charge is 0.328 e. The van der Waals surface area contributed by atoms with Gasteiger partial charge in [-0.1, -0.05) is 13.0 Å². The van der Waals surface area contributed by atoms with Crippen LogP contribution in [0.4, 0.5) is 0 Å². The zero-order chi connectivity index (χ0) is 14.3. The minimum atomic E-state index is -0.683. The molecule has 0 spiro atoms. The Kier molecular flexibility index (Phi) is 5.85. The van der Waals surface area contributed by atoms with Gasteiger partial charge in [0.15, 0.2) is 0 Å². The van der Waals surface area contributed by atoms with E-state index in [0.717, 1.165) is 6.42 Å². The van der Waals surface area contributed by atoms with Crippen LogP contribution >= 0.6 is 0 Å². The second kappa shape index (κ2) is 7.41. The van der Waals surface area contributed by atoms with E-state index in [0.29, 0.717) is 17.9 Å². The van der Waals surface area contributed by atoms with Crippen molar-refractivity contribution in [1.82, 2.24) is 5.32 Å². The summed E-state index contributed by atoms with van der Waals surface area (Å²) in [6.45, 7) is 4.18. The highest BCUT2D eigenvalue weighted by molar-refractivity contribution is 5.96. The number of hydrogen-bond donors (Lipinski definition) is 1. The summed E-state index contributed by atoms with van der Waals surface area (Å²) in [5.74, 6) is -0.174. The maximum atomic E-state index is 11.9. The average Bonchev–Trinajstić information content (AvgIpc) is 2.44. The van der Waals surface area contributed by atoms with Gasteiger partial charge in [0.25, 0.3) is 5.91 Å². The van der Waals surface area contributed by atoms with Gasteiger partial charge in [0.1, 0.15) is 11.8 Å². The number of hydrogen-bond acceptors (Lipinski definition) is 4. The molecule has 0 saturated carbocycles. The van der Waals surface area contributed by atoms with E-state index in [1.54, 1.807) is 31.2 Å². The van der Waals surface area contributed by atoms with Gasteiger partial charge in [-0.15, -0.1) is 0 Å². The first kappa shape index (κ1) is 15.0. The fourth-order valence-corrected chi connectivity index (χ4v) is 1.46. The van der Waals surface area contributed by atoms with Gasteiger partial charge in [0.2, 0.25) is 0 Å². The van der Waals surface area contributed by atoms with E-state index in [1.165, 1.54) is 7.11 Å². The molecule has 0 radical (unpaired) electrons. The molecule has 0 aliphatic carbocycles. The number of benzene rings is 1. The molecule has 0 aliphatic rings. The molecule has 19 heavy (non-hydrogen) atoms. The van der Waals surface area contributed by atoms with Gasteiger partial charge in [0, 0.05) is 5.56 Å². The van der Waals surface area contributed by atoms with Gasteiger partial charge < -0.3 is 14.8 Å². The van der Waals surface area contributed by atoms with Crippen LogP contribution in [0.5, 0.6) is 5.75 Å². The molecule has 0 heterocycles. The summed E-state index contributed by atoms with van der Waals surface area (Å²) in [4.78, 5) is 23.2. The van der Waals surface area contributed by atoms with Crippen LogP contribution in [0, 0.1) is 0 Å². The van der Waals surface area contributed by atoms with Crippen LogP contribution < -0.4 is 10.1 Å². The fraction of sp³-hybridized carbons (Fsp3) is 0.429. The summed E-state index contributed by atoms with van der Waals surface area (Å²) in [6, 6.07) is 6.16. The minimum absolute atomic E-state index is 0.333. The molecule has 1 atom stereocenters. The van der Waals surface area contributed by atoms with E-state index in [2.05, 4.69) is 10.1 Å². The van der Waals surface area contributed by atoms with Crippen molar-refractivity contribution in [3.63, 3.8) is 0 Å². The highest BCUT2D eigenvalue weighted by atomic mass is 16.5. The quantitative estimate of drug-likeness (QED) is 0.796. The van der Waals surface area contributed by atoms with E-state index < -0.39 is 12.0 Å². The van der Waals surface area contributed by atoms with E-state index in [9.17, 15) is 9.59 Å². The number of carbonyl (C=O) groups is 2. The van der Waals surface area contributed by atoms with Crippen molar-refractivity contribution in [2.24, 2.45) is 0 Å². The molecule has 0 saturated heterocycles. The summed E-state index contributed by atoms with van der Waals surface area (Å²) in [6.07, 6.45) is 0.899. The molecule has 5 heteroatoms. The highest BCUT2D eigenvalue weighted by Gasteiger charge is 2.16. The van der Waals surface area contributed by atoms with Crippen LogP contribution in [0.15, 0.2) is 24.3 Å². The van der Waals surface area contributed by atoms with Crippen molar-refractivity contribution in [2.45, 2.75) is 26.3 Å². The molecular formula is C14H19NO4. The lowest BCUT2D eigenvalue weighted by Crippen LogP contribution is -2.39. The van der Waals surface area contributed by atoms with E-state index in [4.69, 9.17) is 4.74 Å². The Hall–Kier alpha value is -2.04. The van der Waals surface area contributed by atoms with Gasteiger partial charge in [-0.2, -0.15) is 0 Å². The number of amides is 1. The maximum Gasteiger partial charge on any atom is 0.328 e. The van der Waals surface area contributed by atoms with Gasteiger partial charge in [0.05, 0.1) is 13.7 Å². The van der Waals surface area contributed by atoms with Crippen LogP contribution in [0.3, 0.4) is 0 Å². The largest absolute Gasteiger partial charge is 0.494 e. The van der Waals surface area contributed by atoms with Crippen molar-refractivity contribution in [2.75, 3.05) is 13.7 Å². The number of esters is 1. The summed E-state index contributed by atoms with van der Waals surface area (Å²) < 4.78 is 10.00. The Balaban J connectivity index is 2.68. The lowest BCUT2D eigenvalue weighted by Gasteiger charge is -2.12. The second-order valence-corrected chi connectivity index (χ2v) is 4.09. The summed E-state index contributed by atoms with van der Waals surface area (Å²) in [5, 5.41) is 2.56. The molecule has 1 rings (SSSR count). The van der Waals surface area contributed by atoms with Gasteiger partial charge in [-0.3, -0.25) is 4.79 Å². The third-order valence-corrected chi connectivity index (χ3v) is 2.47. The van der Waals surface area contributed by atoms with Crippen LogP contribution in [0.2, 0.25) is 0 Å². The highest BCUT2D eigenvalue weighted by Crippen LogP contribution is 2.13. The third kappa shape index (κ3) is 4.62. The van der Waals surface area contributed by atoms with E-state index in [1.807, 2.05) is 6.92 Å². The Morgan fingerprint density at radius 2 is 2.11 bits per heavy atom. The molecule has 0 aliphatic heterocycles. The standard InChI is InChI=1S/C14H19NO4/c1-4-8-19-12-7-5-6-11(9-12)13(16)15-10(2)14(17)18-3/h5-7,9-10H,4,8H2,1-3H3,(H,15,16)/t10-/m0/s1. The summed E-state index contributed by atoms with van der Waals surface area (Å²) >= 11 is 0. The molecule has 1 N–H and O–H groups in total. The normalized spacial score (nSPS) is 11.5. The van der Waals surface area contributed by atoms with Crippen LogP contribution in [-0.4, -0.2) is 31.6 Å². The molecule has 5 nitrogen and oxygen atoms in total. The minimum Gasteiger partial charge on any atom is -0.494 e. The molecule has 1 aromatic rings. The Labute approximate surface area is 112 Å². The molecule has 0 bridgehead atoms. The van der Waals surface area contributed by atoms with Gasteiger partial charge in [-0.25, -0.2) is 4.79 Å². The molecule has 1 amide bonds. The average molecular weight is 265 g/mol. The Morgan fingerprint density at radius 3 is 2.74 bits per heavy atom. The second-order valence-electron chi connectivity index (χ2n) is 4.09. The predicted octanol–water partition coefficient (Wildman–Crippen LogP) is 1.77. The monoisotopic (exact) mass is 265 g/mol. The van der Waals surface area contributed by atoms with Crippen molar-refractivity contribution < 1.29 is 19.1 Å². The third-order valence-electron chi connectivity index (χ3n) is 2.47. The number of rotatable bonds is 6. The van der Waals surface area contributed by atoms with Crippen molar-refractivity contribution >= 4 is 11.9 Å². The number of methoxy groups -OCH3 is 1. The number of ether oxygens (including phenoxy) is 2. The first-order valence-corrected chi connectivity index (χ1v) is 6.20. The van der Waals surface area contributed by atoms with Crippen LogP contribution in [0.1, 0.15) is 30.6 Å². The van der Waals surface area contributed by atoms with Gasteiger partial charge in [-0.05, 0) is 31.5 Å². The fourth-order valence-electron chi connectivity index (χ4n) is 1.46.